The molecule has 0 unspecified atom stereocenters. The molecule has 0 aliphatic carbocycles. The summed E-state index contributed by atoms with van der Waals surface area (Å²) in [7, 11) is 0. The summed E-state index contributed by atoms with van der Waals surface area (Å²) in [4.78, 5) is 0. The monoisotopic (exact) mass is 223 g/mol. The largest absolute Gasteiger partial charge is 0.416 e. The Hall–Kier alpha value is -0.740. The Morgan fingerprint density at radius 2 is 1.93 bits per heavy atom. The molecule has 0 heterocycles. The molecule has 0 saturated heterocycles. The molecular formula is C9H9ClF3N. The highest BCUT2D eigenvalue weighted by Gasteiger charge is 2.31. The lowest BCUT2D eigenvalue weighted by Gasteiger charge is -2.11. The Bertz CT molecular complexity index is 323. The average molecular weight is 224 g/mol. The zero-order valence-corrected chi connectivity index (χ0v) is 8.21. The molecule has 0 aliphatic rings. The third-order valence-corrected chi connectivity index (χ3v) is 2.29. The van der Waals surface area contributed by atoms with Crippen LogP contribution in [0.5, 0.6) is 0 Å². The summed E-state index contributed by atoms with van der Waals surface area (Å²) in [6.45, 7) is 1.70. The van der Waals surface area contributed by atoms with Crippen LogP contribution in [0.15, 0.2) is 12.1 Å². The van der Waals surface area contributed by atoms with E-state index in [-0.39, 0.29) is 11.6 Å². The molecule has 5 heteroatoms. The Kier molecular flexibility index (Phi) is 3.07. The van der Waals surface area contributed by atoms with Crippen molar-refractivity contribution in [1.29, 1.82) is 0 Å². The number of alkyl halides is 3. The summed E-state index contributed by atoms with van der Waals surface area (Å²) in [5.41, 5.74) is 5.63. The molecule has 0 amide bonds. The van der Waals surface area contributed by atoms with Gasteiger partial charge in [-0.2, -0.15) is 13.2 Å². The van der Waals surface area contributed by atoms with Crippen molar-refractivity contribution in [3.05, 3.63) is 33.8 Å². The number of hydrogen-bond acceptors (Lipinski definition) is 1. The Morgan fingerprint density at radius 3 is 2.29 bits per heavy atom. The second kappa shape index (κ2) is 3.79. The molecule has 1 nitrogen and oxygen atoms in total. The van der Waals surface area contributed by atoms with Gasteiger partial charge in [0.1, 0.15) is 0 Å². The smallest absolute Gasteiger partial charge is 0.326 e. The van der Waals surface area contributed by atoms with Crippen molar-refractivity contribution < 1.29 is 13.2 Å². The van der Waals surface area contributed by atoms with Crippen LogP contribution in [0, 0.1) is 6.92 Å². The third-order valence-electron chi connectivity index (χ3n) is 1.95. The quantitative estimate of drug-likeness (QED) is 0.778. The van der Waals surface area contributed by atoms with Crippen LogP contribution >= 0.6 is 11.6 Å². The number of benzene rings is 1. The van der Waals surface area contributed by atoms with Gasteiger partial charge in [-0.3, -0.25) is 0 Å². The van der Waals surface area contributed by atoms with E-state index in [0.29, 0.717) is 11.1 Å². The number of hydrogen-bond donors (Lipinski definition) is 1. The van der Waals surface area contributed by atoms with Crippen molar-refractivity contribution in [2.45, 2.75) is 19.6 Å². The molecule has 1 aromatic rings. The molecule has 1 rings (SSSR count). The van der Waals surface area contributed by atoms with E-state index in [0.717, 1.165) is 12.1 Å². The van der Waals surface area contributed by atoms with Crippen LogP contribution in [0.1, 0.15) is 16.7 Å². The Labute approximate surface area is 84.7 Å². The predicted molar refractivity (Wildman–Crippen MR) is 49.1 cm³/mol. The lowest BCUT2D eigenvalue weighted by Crippen LogP contribution is -2.08. The lowest BCUT2D eigenvalue weighted by atomic mass is 10.0. The molecule has 0 aromatic heterocycles. The van der Waals surface area contributed by atoms with Gasteiger partial charge in [0, 0.05) is 11.6 Å². The van der Waals surface area contributed by atoms with Gasteiger partial charge in [0.2, 0.25) is 0 Å². The fraction of sp³-hybridized carbons (Fsp3) is 0.333. The molecular weight excluding hydrogens is 215 g/mol. The van der Waals surface area contributed by atoms with Gasteiger partial charge in [-0.1, -0.05) is 11.6 Å². The zero-order valence-electron chi connectivity index (χ0n) is 7.45. The first kappa shape index (κ1) is 11.3. The molecule has 2 N–H and O–H groups in total. The van der Waals surface area contributed by atoms with Crippen LogP contribution in [0.4, 0.5) is 13.2 Å². The first-order valence-corrected chi connectivity index (χ1v) is 4.30. The van der Waals surface area contributed by atoms with Gasteiger partial charge in [-0.05, 0) is 30.2 Å². The zero-order chi connectivity index (χ0) is 10.9. The number of halogens is 4. The third kappa shape index (κ3) is 2.19. The molecule has 0 radical (unpaired) electrons. The summed E-state index contributed by atoms with van der Waals surface area (Å²) >= 11 is 5.66. The van der Waals surface area contributed by atoms with E-state index < -0.39 is 11.7 Å². The Balaban J connectivity index is 3.28. The first-order valence-electron chi connectivity index (χ1n) is 3.92. The van der Waals surface area contributed by atoms with Crippen molar-refractivity contribution in [1.82, 2.24) is 0 Å². The maximum absolute atomic E-state index is 12.3. The van der Waals surface area contributed by atoms with Crippen molar-refractivity contribution in [3.8, 4) is 0 Å². The van der Waals surface area contributed by atoms with Gasteiger partial charge in [-0.25, -0.2) is 0 Å². The molecule has 1 aromatic carbocycles. The van der Waals surface area contributed by atoms with E-state index in [9.17, 15) is 13.2 Å². The van der Waals surface area contributed by atoms with E-state index in [1.54, 1.807) is 6.92 Å². The number of nitrogens with two attached hydrogens (primary N) is 1. The van der Waals surface area contributed by atoms with Crippen LogP contribution < -0.4 is 5.73 Å². The van der Waals surface area contributed by atoms with Gasteiger partial charge in [0.05, 0.1) is 5.56 Å². The fourth-order valence-corrected chi connectivity index (χ4v) is 1.54. The summed E-state index contributed by atoms with van der Waals surface area (Å²) in [5, 5.41) is 0.0693. The number of aryl methyl sites for hydroxylation is 1. The fourth-order valence-electron chi connectivity index (χ4n) is 1.20. The van der Waals surface area contributed by atoms with E-state index in [1.165, 1.54) is 0 Å². The topological polar surface area (TPSA) is 26.0 Å². The molecule has 78 valence electrons. The predicted octanol–water partition coefficient (Wildman–Crippen LogP) is 3.13. The van der Waals surface area contributed by atoms with Gasteiger partial charge in [0.25, 0.3) is 0 Å². The van der Waals surface area contributed by atoms with E-state index in [2.05, 4.69) is 0 Å². The minimum atomic E-state index is -4.36. The van der Waals surface area contributed by atoms with E-state index in [4.69, 9.17) is 17.3 Å². The standard InChI is InChI=1S/C9H9ClF3N/c1-5-2-6(9(11,12)13)3-8(10)7(5)4-14/h2-3H,4,14H2,1H3. The van der Waals surface area contributed by atoms with Gasteiger partial charge >= 0.3 is 6.18 Å². The minimum Gasteiger partial charge on any atom is -0.326 e. The van der Waals surface area contributed by atoms with Crippen LogP contribution in [0.3, 0.4) is 0 Å². The van der Waals surface area contributed by atoms with Crippen LogP contribution in [-0.4, -0.2) is 0 Å². The van der Waals surface area contributed by atoms with Crippen LogP contribution in [0.25, 0.3) is 0 Å². The molecule has 14 heavy (non-hydrogen) atoms. The minimum absolute atomic E-state index is 0.0693. The second-order valence-electron chi connectivity index (χ2n) is 2.96. The second-order valence-corrected chi connectivity index (χ2v) is 3.36. The first-order chi connectivity index (χ1) is 6.36. The van der Waals surface area contributed by atoms with Gasteiger partial charge < -0.3 is 5.73 Å². The average Bonchev–Trinajstić information content (AvgIpc) is 2.01. The normalized spacial score (nSPS) is 11.9. The molecule has 0 saturated carbocycles. The van der Waals surface area contributed by atoms with Crippen LogP contribution in [-0.2, 0) is 12.7 Å². The van der Waals surface area contributed by atoms with Gasteiger partial charge in [-0.15, -0.1) is 0 Å². The maximum atomic E-state index is 12.3. The molecule has 0 atom stereocenters. The molecule has 0 fully saturated rings. The molecule has 0 aliphatic heterocycles. The molecule has 0 bridgehead atoms. The van der Waals surface area contributed by atoms with Crippen LogP contribution in [0.2, 0.25) is 5.02 Å². The molecule has 0 spiro atoms. The highest BCUT2D eigenvalue weighted by Crippen LogP contribution is 2.33. The Morgan fingerprint density at radius 1 is 1.36 bits per heavy atom. The highest BCUT2D eigenvalue weighted by atomic mass is 35.5. The summed E-state index contributed by atoms with van der Waals surface area (Å²) in [5.74, 6) is 0. The highest BCUT2D eigenvalue weighted by molar-refractivity contribution is 6.31. The number of rotatable bonds is 1. The maximum Gasteiger partial charge on any atom is 0.416 e. The summed E-state index contributed by atoms with van der Waals surface area (Å²) in [6.07, 6.45) is -4.36. The van der Waals surface area contributed by atoms with Crippen molar-refractivity contribution in [2.75, 3.05) is 0 Å². The summed E-state index contributed by atoms with van der Waals surface area (Å²) < 4.78 is 36.9. The lowest BCUT2D eigenvalue weighted by molar-refractivity contribution is -0.137. The van der Waals surface area contributed by atoms with Crippen molar-refractivity contribution >= 4 is 11.6 Å². The van der Waals surface area contributed by atoms with E-state index >= 15 is 0 Å². The van der Waals surface area contributed by atoms with E-state index in [1.807, 2.05) is 0 Å². The van der Waals surface area contributed by atoms with Crippen molar-refractivity contribution in [2.24, 2.45) is 5.73 Å². The van der Waals surface area contributed by atoms with Crippen molar-refractivity contribution in [3.63, 3.8) is 0 Å². The van der Waals surface area contributed by atoms with Gasteiger partial charge in [0.15, 0.2) is 0 Å². The SMILES string of the molecule is Cc1cc(C(F)(F)F)cc(Cl)c1CN. The summed E-state index contributed by atoms with van der Waals surface area (Å²) in [6, 6.07) is 1.95.